The molecule has 0 atom stereocenters. The maximum absolute atomic E-state index is 5.45. The quantitative estimate of drug-likeness (QED) is 0.885. The van der Waals surface area contributed by atoms with Gasteiger partial charge in [0.05, 0.1) is 18.7 Å². The lowest BCUT2D eigenvalue weighted by Crippen LogP contribution is -2.36. The number of aromatic nitrogens is 2. The van der Waals surface area contributed by atoms with Gasteiger partial charge < -0.3 is 19.9 Å². The first-order chi connectivity index (χ1) is 10.4. The maximum atomic E-state index is 5.45. The van der Waals surface area contributed by atoms with Crippen LogP contribution in [0.4, 0.5) is 5.82 Å². The van der Waals surface area contributed by atoms with Crippen LogP contribution in [0, 0.1) is 0 Å². The van der Waals surface area contributed by atoms with E-state index in [1.165, 1.54) is 29.3 Å². The molecule has 5 heteroatoms. The molecule has 0 radical (unpaired) electrons. The Labute approximate surface area is 124 Å². The summed E-state index contributed by atoms with van der Waals surface area (Å²) in [5.41, 5.74) is 2.65. The van der Waals surface area contributed by atoms with Gasteiger partial charge in [-0.15, -0.1) is 0 Å². The average molecular weight is 286 g/mol. The molecule has 2 aliphatic rings. The van der Waals surface area contributed by atoms with Gasteiger partial charge in [0.15, 0.2) is 5.82 Å². The smallest absolute Gasteiger partial charge is 0.153 e. The zero-order valence-corrected chi connectivity index (χ0v) is 12.3. The zero-order chi connectivity index (χ0) is 14.1. The van der Waals surface area contributed by atoms with E-state index in [1.54, 1.807) is 0 Å². The first-order valence-electron chi connectivity index (χ1n) is 7.93. The standard InChI is InChI=1S/C16H22N4O/c1-4-17-5-2-12(1)14-11-19-15-13(14)3-6-18-16(15)20-7-9-21-10-8-20/h3,6,11-12,17,19H,1-2,4-5,7-10H2. The zero-order valence-electron chi connectivity index (χ0n) is 12.3. The van der Waals surface area contributed by atoms with Crippen LogP contribution in [0.25, 0.3) is 10.9 Å². The third kappa shape index (κ3) is 2.40. The van der Waals surface area contributed by atoms with Crippen LogP contribution in [0.5, 0.6) is 0 Å². The van der Waals surface area contributed by atoms with Crippen LogP contribution in [-0.4, -0.2) is 49.4 Å². The number of rotatable bonds is 2. The van der Waals surface area contributed by atoms with E-state index in [2.05, 4.69) is 32.4 Å². The predicted octanol–water partition coefficient (Wildman–Crippen LogP) is 1.87. The molecule has 4 rings (SSSR count). The molecule has 112 valence electrons. The summed E-state index contributed by atoms with van der Waals surface area (Å²) in [6, 6.07) is 2.16. The molecule has 2 N–H and O–H groups in total. The van der Waals surface area contributed by atoms with Crippen LogP contribution in [-0.2, 0) is 4.74 Å². The Kier molecular flexibility index (Phi) is 3.53. The van der Waals surface area contributed by atoms with Crippen LogP contribution in [0.3, 0.4) is 0 Å². The molecule has 2 aromatic heterocycles. The van der Waals surface area contributed by atoms with Gasteiger partial charge in [0.25, 0.3) is 0 Å². The normalized spacial score (nSPS) is 21.0. The molecule has 0 saturated carbocycles. The third-order valence-corrected chi connectivity index (χ3v) is 4.70. The van der Waals surface area contributed by atoms with Crippen molar-refractivity contribution < 1.29 is 4.74 Å². The highest BCUT2D eigenvalue weighted by Gasteiger charge is 2.21. The van der Waals surface area contributed by atoms with Gasteiger partial charge >= 0.3 is 0 Å². The molecule has 2 fully saturated rings. The van der Waals surface area contributed by atoms with Crippen LogP contribution in [0.1, 0.15) is 24.3 Å². The summed E-state index contributed by atoms with van der Waals surface area (Å²) < 4.78 is 5.45. The first-order valence-corrected chi connectivity index (χ1v) is 7.93. The number of anilines is 1. The fraction of sp³-hybridized carbons (Fsp3) is 0.562. The van der Waals surface area contributed by atoms with Gasteiger partial charge in [-0.1, -0.05) is 0 Å². The van der Waals surface area contributed by atoms with Crippen LogP contribution < -0.4 is 10.2 Å². The van der Waals surface area contributed by atoms with Crippen molar-refractivity contribution in [3.63, 3.8) is 0 Å². The summed E-state index contributed by atoms with van der Waals surface area (Å²) in [6.07, 6.45) is 6.60. The minimum atomic E-state index is 0.667. The molecule has 0 aliphatic carbocycles. The number of nitrogens with zero attached hydrogens (tertiary/aromatic N) is 2. The number of nitrogens with one attached hydrogen (secondary N) is 2. The van der Waals surface area contributed by atoms with E-state index in [0.29, 0.717) is 5.92 Å². The van der Waals surface area contributed by atoms with Gasteiger partial charge in [-0.3, -0.25) is 0 Å². The number of piperidine rings is 1. The van der Waals surface area contributed by atoms with Crippen molar-refractivity contribution in [3.8, 4) is 0 Å². The fourth-order valence-corrected chi connectivity index (χ4v) is 3.55. The van der Waals surface area contributed by atoms with E-state index in [9.17, 15) is 0 Å². The van der Waals surface area contributed by atoms with Crippen LogP contribution in [0.15, 0.2) is 18.5 Å². The van der Waals surface area contributed by atoms with Crippen molar-refractivity contribution in [3.05, 3.63) is 24.0 Å². The highest BCUT2D eigenvalue weighted by atomic mass is 16.5. The fourth-order valence-electron chi connectivity index (χ4n) is 3.55. The van der Waals surface area contributed by atoms with E-state index in [1.807, 2.05) is 6.20 Å². The van der Waals surface area contributed by atoms with Gasteiger partial charge in [0.2, 0.25) is 0 Å². The van der Waals surface area contributed by atoms with E-state index >= 15 is 0 Å². The third-order valence-electron chi connectivity index (χ3n) is 4.70. The van der Waals surface area contributed by atoms with Crippen molar-refractivity contribution in [2.24, 2.45) is 0 Å². The number of fused-ring (bicyclic) bond motifs is 1. The molecular formula is C16H22N4O. The van der Waals surface area contributed by atoms with Crippen molar-refractivity contribution in [1.82, 2.24) is 15.3 Å². The molecule has 4 heterocycles. The number of H-pyrrole nitrogens is 1. The van der Waals surface area contributed by atoms with E-state index in [4.69, 9.17) is 4.74 Å². The molecule has 2 saturated heterocycles. The minimum absolute atomic E-state index is 0.667. The molecule has 0 aromatic carbocycles. The van der Waals surface area contributed by atoms with Gasteiger partial charge in [0, 0.05) is 30.9 Å². The number of hydrogen-bond donors (Lipinski definition) is 2. The van der Waals surface area contributed by atoms with Crippen molar-refractivity contribution in [2.75, 3.05) is 44.3 Å². The Bertz CT molecular complexity index is 612. The molecule has 2 aliphatic heterocycles. The topological polar surface area (TPSA) is 53.2 Å². The molecule has 0 bridgehead atoms. The minimum Gasteiger partial charge on any atom is -0.378 e. The maximum Gasteiger partial charge on any atom is 0.153 e. The van der Waals surface area contributed by atoms with E-state index in [-0.39, 0.29) is 0 Å². The average Bonchev–Trinajstić information content (AvgIpc) is 3.00. The Morgan fingerprint density at radius 3 is 2.81 bits per heavy atom. The lowest BCUT2D eigenvalue weighted by Gasteiger charge is -2.28. The molecule has 21 heavy (non-hydrogen) atoms. The molecular weight excluding hydrogens is 264 g/mol. The molecule has 0 unspecified atom stereocenters. The summed E-state index contributed by atoms with van der Waals surface area (Å²) >= 11 is 0. The van der Waals surface area contributed by atoms with Crippen molar-refractivity contribution in [1.29, 1.82) is 0 Å². The second-order valence-corrected chi connectivity index (χ2v) is 5.92. The van der Waals surface area contributed by atoms with Crippen molar-refractivity contribution >= 4 is 16.7 Å². The second-order valence-electron chi connectivity index (χ2n) is 5.92. The lowest BCUT2D eigenvalue weighted by molar-refractivity contribution is 0.122. The first kappa shape index (κ1) is 13.1. The predicted molar refractivity (Wildman–Crippen MR) is 84.0 cm³/mol. The lowest BCUT2D eigenvalue weighted by atomic mass is 9.90. The molecule has 2 aromatic rings. The summed E-state index contributed by atoms with van der Waals surface area (Å²) in [4.78, 5) is 10.4. The Morgan fingerprint density at radius 2 is 2.00 bits per heavy atom. The summed E-state index contributed by atoms with van der Waals surface area (Å²) in [7, 11) is 0. The number of morpholine rings is 1. The number of ether oxygens (including phenoxy) is 1. The molecule has 0 spiro atoms. The summed E-state index contributed by atoms with van der Waals surface area (Å²) in [6.45, 7) is 5.68. The Hall–Kier alpha value is -1.59. The SMILES string of the molecule is c1cc2c(C3CCNCC3)c[nH]c2c(N2CCOCC2)n1. The number of hydrogen-bond acceptors (Lipinski definition) is 4. The summed E-state index contributed by atoms with van der Waals surface area (Å²) in [5.74, 6) is 1.75. The van der Waals surface area contributed by atoms with Crippen LogP contribution >= 0.6 is 0 Å². The Morgan fingerprint density at radius 1 is 1.19 bits per heavy atom. The monoisotopic (exact) mass is 286 g/mol. The number of pyridine rings is 1. The van der Waals surface area contributed by atoms with E-state index in [0.717, 1.165) is 45.2 Å². The van der Waals surface area contributed by atoms with Gasteiger partial charge in [-0.05, 0) is 43.5 Å². The van der Waals surface area contributed by atoms with Gasteiger partial charge in [-0.25, -0.2) is 4.98 Å². The molecule has 0 amide bonds. The van der Waals surface area contributed by atoms with Crippen molar-refractivity contribution in [2.45, 2.75) is 18.8 Å². The largest absolute Gasteiger partial charge is 0.378 e. The Balaban J connectivity index is 1.71. The highest BCUT2D eigenvalue weighted by Crippen LogP contribution is 2.34. The second kappa shape index (κ2) is 5.66. The van der Waals surface area contributed by atoms with Gasteiger partial charge in [0.1, 0.15) is 0 Å². The van der Waals surface area contributed by atoms with Crippen LogP contribution in [0.2, 0.25) is 0 Å². The highest BCUT2D eigenvalue weighted by molar-refractivity contribution is 5.92. The summed E-state index contributed by atoms with van der Waals surface area (Å²) in [5, 5.41) is 4.79. The van der Waals surface area contributed by atoms with E-state index < -0.39 is 0 Å². The van der Waals surface area contributed by atoms with Gasteiger partial charge in [-0.2, -0.15) is 0 Å². The molecule has 5 nitrogen and oxygen atoms in total. The number of aromatic amines is 1.